The Morgan fingerprint density at radius 2 is 2.21 bits per heavy atom. The van der Waals surface area contributed by atoms with Crippen LogP contribution >= 0.6 is 0 Å². The Kier molecular flexibility index (Phi) is 4.59. The quantitative estimate of drug-likeness (QED) is 0.898. The van der Waals surface area contributed by atoms with E-state index in [0.29, 0.717) is 12.5 Å². The van der Waals surface area contributed by atoms with Gasteiger partial charge in [-0.25, -0.2) is 0 Å². The lowest BCUT2D eigenvalue weighted by Gasteiger charge is -2.25. The fourth-order valence-electron chi connectivity index (χ4n) is 2.87. The van der Waals surface area contributed by atoms with Gasteiger partial charge in [0.05, 0.1) is 6.42 Å². The van der Waals surface area contributed by atoms with Crippen LogP contribution in [-0.4, -0.2) is 37.0 Å². The molecule has 1 unspecified atom stereocenters. The molecule has 1 heterocycles. The van der Waals surface area contributed by atoms with E-state index in [2.05, 4.69) is 42.3 Å². The minimum absolute atomic E-state index is 0.270. The molecule has 1 atom stereocenters. The van der Waals surface area contributed by atoms with Gasteiger partial charge in [0, 0.05) is 19.1 Å². The summed E-state index contributed by atoms with van der Waals surface area (Å²) in [5.74, 6) is 0.270. The zero-order valence-electron chi connectivity index (χ0n) is 12.2. The van der Waals surface area contributed by atoms with E-state index in [4.69, 9.17) is 0 Å². The third-order valence-electron chi connectivity index (χ3n) is 3.98. The highest BCUT2D eigenvalue weighted by Gasteiger charge is 2.27. The molecule has 1 aliphatic heterocycles. The molecule has 0 saturated carbocycles. The van der Waals surface area contributed by atoms with Crippen molar-refractivity contribution >= 4 is 5.91 Å². The second kappa shape index (κ2) is 6.20. The number of likely N-dealkylation sites (N-methyl/N-ethyl adjacent to an activating group) is 1. The number of carbonyl (C=O) groups is 1. The molecule has 1 N–H and O–H groups in total. The van der Waals surface area contributed by atoms with Crippen LogP contribution in [0, 0.1) is 13.8 Å². The monoisotopic (exact) mass is 260 g/mol. The molecule has 0 aliphatic carbocycles. The molecule has 3 heteroatoms. The van der Waals surface area contributed by atoms with Gasteiger partial charge in [0.1, 0.15) is 0 Å². The molecule has 0 spiro atoms. The Bertz CT molecular complexity index is 456. The number of aryl methyl sites for hydroxylation is 2. The van der Waals surface area contributed by atoms with Gasteiger partial charge in [-0.05, 0) is 44.9 Å². The van der Waals surface area contributed by atoms with Gasteiger partial charge >= 0.3 is 0 Å². The van der Waals surface area contributed by atoms with Crippen molar-refractivity contribution < 1.29 is 4.79 Å². The Labute approximate surface area is 116 Å². The summed E-state index contributed by atoms with van der Waals surface area (Å²) < 4.78 is 0. The Morgan fingerprint density at radius 3 is 2.95 bits per heavy atom. The van der Waals surface area contributed by atoms with Gasteiger partial charge in [-0.1, -0.05) is 23.8 Å². The number of likely N-dealkylation sites (tertiary alicyclic amines) is 1. The van der Waals surface area contributed by atoms with Crippen molar-refractivity contribution in [3.05, 3.63) is 34.9 Å². The van der Waals surface area contributed by atoms with Crippen molar-refractivity contribution in [3.8, 4) is 0 Å². The van der Waals surface area contributed by atoms with Gasteiger partial charge in [0.25, 0.3) is 0 Å². The summed E-state index contributed by atoms with van der Waals surface area (Å²) in [6.45, 7) is 5.97. The minimum Gasteiger partial charge on any atom is -0.338 e. The van der Waals surface area contributed by atoms with Crippen molar-refractivity contribution in [2.24, 2.45) is 0 Å². The first-order valence-corrected chi connectivity index (χ1v) is 7.12. The van der Waals surface area contributed by atoms with Gasteiger partial charge in [-0.3, -0.25) is 4.79 Å². The third kappa shape index (κ3) is 3.35. The smallest absolute Gasteiger partial charge is 0.227 e. The number of amides is 1. The lowest BCUT2D eigenvalue weighted by Crippen LogP contribution is -2.41. The van der Waals surface area contributed by atoms with Crippen LogP contribution in [0.3, 0.4) is 0 Å². The number of carbonyl (C=O) groups excluding carboxylic acids is 1. The lowest BCUT2D eigenvalue weighted by molar-refractivity contribution is -0.131. The van der Waals surface area contributed by atoms with Crippen LogP contribution in [0.25, 0.3) is 0 Å². The van der Waals surface area contributed by atoms with E-state index in [1.807, 2.05) is 7.05 Å². The maximum Gasteiger partial charge on any atom is 0.227 e. The van der Waals surface area contributed by atoms with Crippen LogP contribution in [0.2, 0.25) is 0 Å². The van der Waals surface area contributed by atoms with Gasteiger partial charge in [-0.15, -0.1) is 0 Å². The molecule has 0 bridgehead atoms. The fourth-order valence-corrected chi connectivity index (χ4v) is 2.87. The van der Waals surface area contributed by atoms with Crippen LogP contribution in [0.15, 0.2) is 18.2 Å². The van der Waals surface area contributed by atoms with E-state index in [9.17, 15) is 4.79 Å². The largest absolute Gasteiger partial charge is 0.338 e. The molecule has 19 heavy (non-hydrogen) atoms. The van der Waals surface area contributed by atoms with Crippen LogP contribution in [0.5, 0.6) is 0 Å². The van der Waals surface area contributed by atoms with E-state index in [1.54, 1.807) is 0 Å². The second-order valence-electron chi connectivity index (χ2n) is 5.55. The fraction of sp³-hybridized carbons (Fsp3) is 0.562. The molecule has 1 aromatic carbocycles. The highest BCUT2D eigenvalue weighted by Crippen LogP contribution is 2.19. The van der Waals surface area contributed by atoms with Crippen molar-refractivity contribution in [3.63, 3.8) is 0 Å². The highest BCUT2D eigenvalue weighted by molar-refractivity contribution is 5.79. The molecule has 1 fully saturated rings. The van der Waals surface area contributed by atoms with Gasteiger partial charge in [0.15, 0.2) is 0 Å². The molecule has 3 nitrogen and oxygen atoms in total. The molecule has 0 aromatic heterocycles. The number of nitrogens with one attached hydrogen (secondary N) is 1. The maximum absolute atomic E-state index is 12.5. The predicted molar refractivity (Wildman–Crippen MR) is 78.3 cm³/mol. The van der Waals surface area contributed by atoms with Crippen LogP contribution in [0.4, 0.5) is 0 Å². The first-order valence-electron chi connectivity index (χ1n) is 7.12. The Balaban J connectivity index is 2.06. The van der Waals surface area contributed by atoms with E-state index in [1.165, 1.54) is 16.7 Å². The summed E-state index contributed by atoms with van der Waals surface area (Å²) in [7, 11) is 1.95. The first-order chi connectivity index (χ1) is 9.11. The molecule has 0 radical (unpaired) electrons. The number of nitrogens with zero attached hydrogens (tertiary/aromatic N) is 1. The molecule has 2 rings (SSSR count). The van der Waals surface area contributed by atoms with Crippen LogP contribution < -0.4 is 5.32 Å². The summed E-state index contributed by atoms with van der Waals surface area (Å²) >= 11 is 0. The van der Waals surface area contributed by atoms with Crippen molar-refractivity contribution in [1.82, 2.24) is 10.2 Å². The lowest BCUT2D eigenvalue weighted by atomic mass is 10.0. The zero-order valence-corrected chi connectivity index (χ0v) is 12.2. The molecule has 1 aromatic rings. The summed E-state index contributed by atoms with van der Waals surface area (Å²) in [5, 5.41) is 3.18. The highest BCUT2D eigenvalue weighted by atomic mass is 16.2. The Hall–Kier alpha value is -1.35. The first kappa shape index (κ1) is 14.1. The number of rotatable bonds is 4. The summed E-state index contributed by atoms with van der Waals surface area (Å²) in [6, 6.07) is 6.72. The summed E-state index contributed by atoms with van der Waals surface area (Å²) in [6.07, 6.45) is 2.79. The number of hydrogen-bond acceptors (Lipinski definition) is 2. The van der Waals surface area contributed by atoms with E-state index in [-0.39, 0.29) is 5.91 Å². The predicted octanol–water partition coefficient (Wildman–Crippen LogP) is 2.06. The van der Waals surface area contributed by atoms with Gasteiger partial charge in [-0.2, -0.15) is 0 Å². The molecular weight excluding hydrogens is 236 g/mol. The third-order valence-corrected chi connectivity index (χ3v) is 3.98. The molecule has 1 amide bonds. The van der Waals surface area contributed by atoms with Crippen LogP contribution in [-0.2, 0) is 11.2 Å². The summed E-state index contributed by atoms with van der Waals surface area (Å²) in [5.41, 5.74) is 3.60. The van der Waals surface area contributed by atoms with Crippen LogP contribution in [0.1, 0.15) is 29.5 Å². The molecule has 1 aliphatic rings. The second-order valence-corrected chi connectivity index (χ2v) is 5.55. The van der Waals surface area contributed by atoms with E-state index in [0.717, 1.165) is 25.9 Å². The average Bonchev–Trinajstić information content (AvgIpc) is 2.82. The topological polar surface area (TPSA) is 32.3 Å². The normalized spacial score (nSPS) is 18.9. The van der Waals surface area contributed by atoms with E-state index >= 15 is 0 Å². The minimum atomic E-state index is 0.270. The van der Waals surface area contributed by atoms with Crippen molar-refractivity contribution in [1.29, 1.82) is 0 Å². The molecule has 1 saturated heterocycles. The average molecular weight is 260 g/mol. The van der Waals surface area contributed by atoms with Crippen molar-refractivity contribution in [2.45, 2.75) is 39.2 Å². The van der Waals surface area contributed by atoms with Crippen molar-refractivity contribution in [2.75, 3.05) is 20.1 Å². The molecular formula is C16H24N2O. The maximum atomic E-state index is 12.5. The van der Waals surface area contributed by atoms with Gasteiger partial charge in [0.2, 0.25) is 5.91 Å². The summed E-state index contributed by atoms with van der Waals surface area (Å²) in [4.78, 5) is 14.5. The zero-order chi connectivity index (χ0) is 13.8. The number of hydrogen-bond donors (Lipinski definition) is 1. The SMILES string of the molecule is CNCC1CCCN1C(=O)Cc1cc(C)ccc1C. The molecule has 104 valence electrons. The Morgan fingerprint density at radius 1 is 1.42 bits per heavy atom. The van der Waals surface area contributed by atoms with Gasteiger partial charge < -0.3 is 10.2 Å². The van der Waals surface area contributed by atoms with E-state index < -0.39 is 0 Å². The number of benzene rings is 1. The standard InChI is InChI=1S/C16H24N2O/c1-12-6-7-13(2)14(9-12)10-16(19)18-8-4-5-15(18)11-17-3/h6-7,9,15,17H,4-5,8,10-11H2,1-3H3.